The lowest BCUT2D eigenvalue weighted by molar-refractivity contribution is -0.156. The molecular weight excluding hydrogens is 570 g/mol. The number of amides is 1. The molecule has 11 heteroatoms. The number of ether oxygens (including phenoxy) is 2. The van der Waals surface area contributed by atoms with Gasteiger partial charge in [0.15, 0.2) is 0 Å². The molecule has 1 atom stereocenters. The number of rotatable bonds is 10. The highest BCUT2D eigenvalue weighted by Crippen LogP contribution is 2.33. The molecule has 3 aromatic rings. The van der Waals surface area contributed by atoms with Crippen LogP contribution in [-0.4, -0.2) is 64.8 Å². The molecule has 0 bridgehead atoms. The average molecular weight is 616 g/mol. The maximum atomic E-state index is 13.1. The van der Waals surface area contributed by atoms with E-state index in [1.807, 2.05) is 30.3 Å². The molecule has 2 aliphatic rings. The van der Waals surface area contributed by atoms with Crippen molar-refractivity contribution in [3.63, 3.8) is 0 Å². The van der Waals surface area contributed by atoms with E-state index in [9.17, 15) is 9.59 Å². The van der Waals surface area contributed by atoms with Gasteiger partial charge in [0.25, 0.3) is 0 Å². The van der Waals surface area contributed by atoms with Gasteiger partial charge >= 0.3 is 12.1 Å². The fraction of sp³-hybridized carbons (Fsp3) is 0.500. The second-order valence-corrected chi connectivity index (χ2v) is 12.6. The molecule has 1 saturated heterocycles. The van der Waals surface area contributed by atoms with E-state index in [0.29, 0.717) is 18.2 Å². The number of esters is 1. The van der Waals surface area contributed by atoms with Crippen LogP contribution in [-0.2, 0) is 33.7 Å². The molecule has 0 spiro atoms. The number of carbonyl (C=O) groups is 2. The third-order valence-corrected chi connectivity index (χ3v) is 8.07. The van der Waals surface area contributed by atoms with E-state index in [2.05, 4.69) is 49.9 Å². The largest absolute Gasteiger partial charge is 0.458 e. The van der Waals surface area contributed by atoms with Gasteiger partial charge in [0.1, 0.15) is 42.0 Å². The number of alkyl carbamates (subject to hydrolysis) is 1. The number of hydrogen-bond acceptors (Lipinski definition) is 10. The van der Waals surface area contributed by atoms with Crippen molar-refractivity contribution < 1.29 is 19.1 Å². The quantitative estimate of drug-likeness (QED) is 0.261. The van der Waals surface area contributed by atoms with Crippen LogP contribution >= 0.6 is 0 Å². The lowest BCUT2D eigenvalue weighted by atomic mass is 9.92. The van der Waals surface area contributed by atoms with Gasteiger partial charge < -0.3 is 30.3 Å². The average Bonchev–Trinajstić information content (AvgIpc) is 3.05. The molecule has 0 aliphatic carbocycles. The molecule has 45 heavy (non-hydrogen) atoms. The molecular formula is C34H45N7O4. The monoisotopic (exact) mass is 615 g/mol. The molecule has 0 radical (unpaired) electrons. The number of benzene rings is 1. The van der Waals surface area contributed by atoms with Crippen molar-refractivity contribution in [2.75, 3.05) is 41.7 Å². The van der Waals surface area contributed by atoms with E-state index < -0.39 is 23.7 Å². The Hall–Kier alpha value is -4.41. The minimum Gasteiger partial charge on any atom is -0.458 e. The maximum Gasteiger partial charge on any atom is 0.408 e. The van der Waals surface area contributed by atoms with Crippen molar-refractivity contribution in [3.05, 3.63) is 71.2 Å². The van der Waals surface area contributed by atoms with Crippen LogP contribution in [0.2, 0.25) is 0 Å². The number of nitrogens with zero attached hydrogens (tertiary/aromatic N) is 4. The molecule has 3 N–H and O–H groups in total. The summed E-state index contributed by atoms with van der Waals surface area (Å²) in [5.74, 6) is 2.40. The van der Waals surface area contributed by atoms with Gasteiger partial charge in [0, 0.05) is 43.4 Å². The van der Waals surface area contributed by atoms with E-state index >= 15 is 0 Å². The third-order valence-electron chi connectivity index (χ3n) is 8.07. The van der Waals surface area contributed by atoms with Crippen molar-refractivity contribution in [3.8, 4) is 0 Å². The van der Waals surface area contributed by atoms with Crippen LogP contribution in [0.5, 0.6) is 0 Å². The zero-order valence-corrected chi connectivity index (χ0v) is 26.8. The lowest BCUT2D eigenvalue weighted by Crippen LogP contribution is -2.48. The topological polar surface area (TPSA) is 131 Å². The van der Waals surface area contributed by atoms with Crippen LogP contribution in [0, 0.1) is 0 Å². The predicted octanol–water partition coefficient (Wildman–Crippen LogP) is 5.22. The van der Waals surface area contributed by atoms with Crippen molar-refractivity contribution in [1.82, 2.24) is 20.3 Å². The Balaban J connectivity index is 1.23. The molecule has 2 aliphatic heterocycles. The number of hydrogen-bond donors (Lipinski definition) is 3. The van der Waals surface area contributed by atoms with Gasteiger partial charge in [0.05, 0.1) is 0 Å². The van der Waals surface area contributed by atoms with Gasteiger partial charge in [-0.3, -0.25) is 0 Å². The minimum absolute atomic E-state index is 0.0684. The fourth-order valence-electron chi connectivity index (χ4n) is 5.78. The second kappa shape index (κ2) is 14.6. The highest BCUT2D eigenvalue weighted by molar-refractivity contribution is 5.82. The van der Waals surface area contributed by atoms with Gasteiger partial charge in [-0.25, -0.2) is 24.5 Å². The van der Waals surface area contributed by atoms with Gasteiger partial charge in [-0.1, -0.05) is 43.3 Å². The summed E-state index contributed by atoms with van der Waals surface area (Å²) in [6.45, 7) is 10.3. The first-order chi connectivity index (χ1) is 21.7. The van der Waals surface area contributed by atoms with E-state index in [1.165, 1.54) is 5.56 Å². The highest BCUT2D eigenvalue weighted by Gasteiger charge is 2.29. The smallest absolute Gasteiger partial charge is 0.408 e. The maximum absolute atomic E-state index is 13.1. The number of carbonyl (C=O) groups excluding carboxylic acids is 2. The number of aryl methyl sites for hydroxylation is 1. The first kappa shape index (κ1) is 32.0. The summed E-state index contributed by atoms with van der Waals surface area (Å²) < 4.78 is 11.0. The molecule has 4 heterocycles. The summed E-state index contributed by atoms with van der Waals surface area (Å²) in [5, 5.41) is 9.41. The normalized spacial score (nSPS) is 15.8. The number of nitrogens with one attached hydrogen (secondary N) is 3. The van der Waals surface area contributed by atoms with Gasteiger partial charge in [0.2, 0.25) is 0 Å². The summed E-state index contributed by atoms with van der Waals surface area (Å²) in [5.41, 5.74) is 3.55. The summed E-state index contributed by atoms with van der Waals surface area (Å²) in [7, 11) is 0. The summed E-state index contributed by atoms with van der Waals surface area (Å²) >= 11 is 0. The first-order valence-corrected chi connectivity index (χ1v) is 16.0. The van der Waals surface area contributed by atoms with Gasteiger partial charge in [-0.15, -0.1) is 0 Å². The first-order valence-electron chi connectivity index (χ1n) is 16.0. The van der Waals surface area contributed by atoms with Gasteiger partial charge in [-0.2, -0.15) is 0 Å². The number of pyridine rings is 1. The Morgan fingerprint density at radius 1 is 1.09 bits per heavy atom. The molecule has 5 rings (SSSR count). The lowest BCUT2D eigenvalue weighted by Gasteiger charge is -2.34. The SMILES string of the molecule is CCc1c(NC[C@H](NC(=O)OCc2ccccc2)C(=O)OC(C)(C)C)ncnc1N1CCC(c2ccc3c(n2)NCCC3)CC1. The Morgan fingerprint density at radius 3 is 2.60 bits per heavy atom. The van der Waals surface area contributed by atoms with Crippen molar-refractivity contribution in [2.45, 2.75) is 84.0 Å². The highest BCUT2D eigenvalue weighted by atomic mass is 16.6. The van der Waals surface area contributed by atoms with E-state index in [4.69, 9.17) is 14.5 Å². The summed E-state index contributed by atoms with van der Waals surface area (Å²) in [6, 6.07) is 12.8. The summed E-state index contributed by atoms with van der Waals surface area (Å²) in [6.07, 6.45) is 5.74. The fourth-order valence-corrected chi connectivity index (χ4v) is 5.78. The van der Waals surface area contributed by atoms with E-state index in [-0.39, 0.29) is 13.2 Å². The predicted molar refractivity (Wildman–Crippen MR) is 175 cm³/mol. The number of piperidine rings is 1. The zero-order chi connectivity index (χ0) is 31.8. The van der Waals surface area contributed by atoms with E-state index in [0.717, 1.165) is 73.8 Å². The van der Waals surface area contributed by atoms with E-state index in [1.54, 1.807) is 27.1 Å². The number of fused-ring (bicyclic) bond motifs is 1. The van der Waals surface area contributed by atoms with Crippen molar-refractivity contribution >= 4 is 29.5 Å². The standard InChI is InChI=1S/C34H45N7O4/c1-5-26-30(36-20-28(32(42)45-34(2,3)4)40-33(43)44-21-23-10-7-6-8-11-23)37-22-38-31(26)41-18-15-24(16-19-41)27-14-13-25-12-9-17-35-29(25)39-27/h6-8,10-11,13-14,22,24,28H,5,9,12,15-21H2,1-4H3,(H,35,39)(H,40,43)(H,36,37,38)/t28-/m0/s1. The Labute approximate surface area is 265 Å². The molecule has 240 valence electrons. The van der Waals surface area contributed by atoms with Crippen LogP contribution in [0.3, 0.4) is 0 Å². The molecule has 1 amide bonds. The third kappa shape index (κ3) is 8.61. The number of anilines is 3. The van der Waals surface area contributed by atoms with Gasteiger partial charge in [-0.05, 0) is 70.1 Å². The van der Waals surface area contributed by atoms with Crippen molar-refractivity contribution in [2.24, 2.45) is 0 Å². The minimum atomic E-state index is -0.995. The molecule has 0 saturated carbocycles. The zero-order valence-electron chi connectivity index (χ0n) is 26.8. The van der Waals surface area contributed by atoms with Crippen LogP contribution in [0.1, 0.15) is 75.3 Å². The Kier molecular flexibility index (Phi) is 10.4. The molecule has 1 fully saturated rings. The second-order valence-electron chi connectivity index (χ2n) is 12.6. The summed E-state index contributed by atoms with van der Waals surface area (Å²) in [4.78, 5) is 42.2. The Morgan fingerprint density at radius 2 is 1.87 bits per heavy atom. The van der Waals surface area contributed by atoms with Crippen LogP contribution in [0.15, 0.2) is 48.8 Å². The molecule has 2 aromatic heterocycles. The Bertz CT molecular complexity index is 1450. The van der Waals surface area contributed by atoms with Crippen LogP contribution in [0.25, 0.3) is 0 Å². The van der Waals surface area contributed by atoms with Crippen LogP contribution in [0.4, 0.5) is 22.2 Å². The van der Waals surface area contributed by atoms with Crippen LogP contribution < -0.4 is 20.9 Å². The molecule has 1 aromatic carbocycles. The molecule has 0 unspecified atom stereocenters. The molecule has 11 nitrogen and oxygen atoms in total. The van der Waals surface area contributed by atoms with Crippen molar-refractivity contribution in [1.29, 1.82) is 0 Å². The number of aromatic nitrogens is 3.